The van der Waals surface area contributed by atoms with E-state index >= 15 is 0 Å². The number of rotatable bonds is 33. The van der Waals surface area contributed by atoms with Crippen molar-refractivity contribution in [1.29, 1.82) is 0 Å². The Hall–Kier alpha value is -0.800. The molecule has 0 aromatic rings. The first kappa shape index (κ1) is 45.2. The summed E-state index contributed by atoms with van der Waals surface area (Å²) < 4.78 is 23.8. The highest BCUT2D eigenvalue weighted by Crippen LogP contribution is 2.52. The second kappa shape index (κ2) is 29.1. The molecule has 10 heteroatoms. The molecule has 0 aliphatic rings. The normalized spacial score (nSPS) is 15.0. The molecule has 4 N–H and O–H groups in total. The van der Waals surface area contributed by atoms with Gasteiger partial charge in [-0.05, 0) is 38.5 Å². The number of carbonyl (C=O) groups excluding carboxylic acids is 1. The zero-order chi connectivity index (χ0) is 34.5. The van der Waals surface area contributed by atoms with Crippen molar-refractivity contribution in [2.45, 2.75) is 180 Å². The first-order chi connectivity index (χ1) is 22.0. The number of esters is 1. The quantitative estimate of drug-likeness (QED) is 0.0136. The maximum atomic E-state index is 13.2. The highest BCUT2D eigenvalue weighted by molar-refractivity contribution is 7.53. The number of carbonyl (C=O) groups is 1. The van der Waals surface area contributed by atoms with Crippen LogP contribution in [0.25, 0.3) is 0 Å². The number of aliphatic hydroxyl groups excluding tert-OH is 2. The lowest BCUT2D eigenvalue weighted by Gasteiger charge is -2.39. The van der Waals surface area contributed by atoms with Crippen molar-refractivity contribution in [3.8, 4) is 0 Å². The van der Waals surface area contributed by atoms with E-state index in [1.165, 1.54) is 77.0 Å². The van der Waals surface area contributed by atoms with E-state index in [0.717, 1.165) is 51.4 Å². The Kier molecular flexibility index (Phi) is 28.6. The molecule has 0 aliphatic heterocycles. The van der Waals surface area contributed by atoms with Crippen molar-refractivity contribution in [2.75, 3.05) is 33.9 Å². The summed E-state index contributed by atoms with van der Waals surface area (Å²) in [5.74, 6) is -1.17. The Morgan fingerprint density at radius 2 is 1.17 bits per heavy atom. The molecule has 0 amide bonds. The third-order valence-corrected chi connectivity index (χ3v) is 10.9. The van der Waals surface area contributed by atoms with Gasteiger partial charge in [-0.15, -0.1) is 0 Å². The van der Waals surface area contributed by atoms with Crippen LogP contribution in [0, 0.1) is 0 Å². The topological polar surface area (TPSA) is 134 Å². The lowest BCUT2D eigenvalue weighted by Crippen LogP contribution is -2.50. The summed E-state index contributed by atoms with van der Waals surface area (Å²) in [5.41, 5.74) is 0. The number of nitrogens with zero attached hydrogens (tertiary/aromatic N) is 1. The van der Waals surface area contributed by atoms with Gasteiger partial charge in [0.05, 0.1) is 27.2 Å². The number of quaternary nitrogens is 1. The SMILES string of the molecule is CCCCCCCCCCC/C=C\CCCCCCCCC(=O)OC[C@@H](O)COP(=O)(O)C(CCCCC)[N+](C)(C)CCC(O)O. The maximum absolute atomic E-state index is 13.2. The summed E-state index contributed by atoms with van der Waals surface area (Å²) in [6.45, 7) is 3.87. The minimum atomic E-state index is -4.17. The minimum Gasteiger partial charge on any atom is -0.463 e. The van der Waals surface area contributed by atoms with Crippen LogP contribution in [-0.2, 0) is 18.6 Å². The maximum Gasteiger partial charge on any atom is 0.385 e. The van der Waals surface area contributed by atoms with Crippen LogP contribution in [0.2, 0.25) is 0 Å². The van der Waals surface area contributed by atoms with E-state index in [4.69, 9.17) is 9.26 Å². The van der Waals surface area contributed by atoms with Crippen molar-refractivity contribution in [3.63, 3.8) is 0 Å². The molecule has 0 radical (unpaired) electrons. The fourth-order valence-electron chi connectivity index (χ4n) is 5.72. The van der Waals surface area contributed by atoms with Crippen molar-refractivity contribution < 1.29 is 43.3 Å². The van der Waals surface area contributed by atoms with E-state index < -0.39 is 32.4 Å². The van der Waals surface area contributed by atoms with Gasteiger partial charge in [0, 0.05) is 19.3 Å². The van der Waals surface area contributed by atoms with E-state index in [-0.39, 0.29) is 36.4 Å². The summed E-state index contributed by atoms with van der Waals surface area (Å²) in [6.07, 6.45) is 26.4. The summed E-state index contributed by atoms with van der Waals surface area (Å²) in [5, 5.41) is 28.8. The average molecular weight is 679 g/mol. The van der Waals surface area contributed by atoms with Gasteiger partial charge in [-0.1, -0.05) is 116 Å². The molecular formula is C36H73NO8P+. The van der Waals surface area contributed by atoms with Gasteiger partial charge in [0.15, 0.2) is 12.1 Å². The van der Waals surface area contributed by atoms with Gasteiger partial charge in [0.2, 0.25) is 0 Å². The number of hydrogen-bond acceptors (Lipinski definition) is 7. The summed E-state index contributed by atoms with van der Waals surface area (Å²) in [6, 6.07) is 0. The van der Waals surface area contributed by atoms with Gasteiger partial charge in [-0.3, -0.25) is 9.36 Å². The first-order valence-corrected chi connectivity index (χ1v) is 20.2. The van der Waals surface area contributed by atoms with Crippen molar-refractivity contribution in [2.24, 2.45) is 0 Å². The molecule has 0 heterocycles. The second-order valence-corrected chi connectivity index (χ2v) is 15.7. The molecule has 0 rings (SSSR count). The molecule has 0 aromatic heterocycles. The third-order valence-electron chi connectivity index (χ3n) is 8.74. The zero-order valence-corrected chi connectivity index (χ0v) is 31.0. The Labute approximate surface area is 282 Å². The Bertz CT molecular complexity index is 792. The van der Waals surface area contributed by atoms with Gasteiger partial charge in [-0.2, -0.15) is 0 Å². The molecule has 0 saturated heterocycles. The van der Waals surface area contributed by atoms with Crippen molar-refractivity contribution in [1.82, 2.24) is 0 Å². The largest absolute Gasteiger partial charge is 0.463 e. The van der Waals surface area contributed by atoms with Crippen LogP contribution in [0.5, 0.6) is 0 Å². The number of unbranched alkanes of at least 4 members (excludes halogenated alkanes) is 17. The Balaban J connectivity index is 4.00. The van der Waals surface area contributed by atoms with E-state index in [1.54, 1.807) is 14.1 Å². The monoisotopic (exact) mass is 679 g/mol. The lowest BCUT2D eigenvalue weighted by molar-refractivity contribution is -0.904. The number of hydrogen-bond donors (Lipinski definition) is 4. The molecule has 46 heavy (non-hydrogen) atoms. The van der Waals surface area contributed by atoms with E-state index in [1.807, 2.05) is 6.92 Å². The van der Waals surface area contributed by atoms with Gasteiger partial charge in [0.1, 0.15) is 12.7 Å². The predicted molar refractivity (Wildman–Crippen MR) is 188 cm³/mol. The van der Waals surface area contributed by atoms with Crippen molar-refractivity contribution >= 4 is 13.6 Å². The fourth-order valence-corrected chi connectivity index (χ4v) is 7.69. The molecular weight excluding hydrogens is 605 g/mol. The third kappa shape index (κ3) is 26.2. The highest BCUT2D eigenvalue weighted by Gasteiger charge is 2.44. The van der Waals surface area contributed by atoms with Crippen LogP contribution in [-0.4, -0.2) is 82.7 Å². The Morgan fingerprint density at radius 3 is 1.70 bits per heavy atom. The lowest BCUT2D eigenvalue weighted by atomic mass is 10.1. The standard InChI is InChI=1S/C36H72NO8P/c1-5-7-9-10-11-12-13-14-15-16-17-18-19-20-21-22-23-24-26-28-36(41)44-31-33(38)32-45-46(42,43)34(27-25-8-6-2)37(3,4)30-29-35(39)40/h17-18,33-35,38-40H,5-16,19-32H2,1-4H3/p+1/b18-17-/t33-,34?/m1/s1. The highest BCUT2D eigenvalue weighted by atomic mass is 31.2. The summed E-state index contributed by atoms with van der Waals surface area (Å²) in [4.78, 5) is 22.9. The minimum absolute atomic E-state index is 0.0625. The molecule has 0 saturated carbocycles. The molecule has 0 bridgehead atoms. The van der Waals surface area contributed by atoms with Gasteiger partial charge in [-0.25, -0.2) is 0 Å². The van der Waals surface area contributed by atoms with Crippen LogP contribution in [0.15, 0.2) is 12.2 Å². The molecule has 0 spiro atoms. The molecule has 0 aromatic carbocycles. The number of allylic oxidation sites excluding steroid dienone is 2. The molecule has 0 aliphatic carbocycles. The average Bonchev–Trinajstić information content (AvgIpc) is 3.01. The van der Waals surface area contributed by atoms with Crippen LogP contribution in [0.4, 0.5) is 0 Å². The zero-order valence-electron chi connectivity index (χ0n) is 30.1. The molecule has 9 nitrogen and oxygen atoms in total. The van der Waals surface area contributed by atoms with Gasteiger partial charge in [0.25, 0.3) is 0 Å². The summed E-state index contributed by atoms with van der Waals surface area (Å²) in [7, 11) is -0.641. The molecule has 274 valence electrons. The molecule has 2 unspecified atom stereocenters. The summed E-state index contributed by atoms with van der Waals surface area (Å²) >= 11 is 0. The van der Waals surface area contributed by atoms with Gasteiger partial charge < -0.3 is 34.0 Å². The Morgan fingerprint density at radius 1 is 0.696 bits per heavy atom. The first-order valence-electron chi connectivity index (χ1n) is 18.6. The number of aliphatic hydroxyl groups is 3. The van der Waals surface area contributed by atoms with Crippen LogP contribution in [0.3, 0.4) is 0 Å². The van der Waals surface area contributed by atoms with Gasteiger partial charge >= 0.3 is 13.6 Å². The number of ether oxygens (including phenoxy) is 1. The van der Waals surface area contributed by atoms with Crippen LogP contribution >= 0.6 is 7.60 Å². The van der Waals surface area contributed by atoms with E-state index in [2.05, 4.69) is 19.1 Å². The molecule has 3 atom stereocenters. The fraction of sp³-hybridized carbons (Fsp3) is 0.917. The van der Waals surface area contributed by atoms with E-state index in [0.29, 0.717) is 6.42 Å². The second-order valence-electron chi connectivity index (χ2n) is 13.7. The van der Waals surface area contributed by atoms with E-state index in [9.17, 15) is 29.6 Å². The van der Waals surface area contributed by atoms with Crippen molar-refractivity contribution in [3.05, 3.63) is 12.2 Å². The van der Waals surface area contributed by atoms with Crippen LogP contribution in [0.1, 0.15) is 162 Å². The smallest absolute Gasteiger partial charge is 0.385 e. The van der Waals surface area contributed by atoms with Crippen LogP contribution < -0.4 is 0 Å². The molecule has 0 fully saturated rings. The predicted octanol–water partition coefficient (Wildman–Crippen LogP) is 8.37.